The van der Waals surface area contributed by atoms with Gasteiger partial charge in [-0.1, -0.05) is 11.6 Å². The molecule has 2 aromatic carbocycles. The molecule has 0 saturated heterocycles. The first-order chi connectivity index (χ1) is 10.6. The van der Waals surface area contributed by atoms with Crippen LogP contribution in [-0.4, -0.2) is 10.9 Å². The number of halogens is 2. The molecule has 1 unspecified atom stereocenters. The molecule has 1 aliphatic heterocycles. The Kier molecular flexibility index (Phi) is 2.68. The Morgan fingerprint density at radius 1 is 1.23 bits per heavy atom. The van der Waals surface area contributed by atoms with Crippen molar-refractivity contribution in [3.05, 3.63) is 64.1 Å². The number of aromatic amines is 1. The number of fused-ring (bicyclic) bond motifs is 3. The van der Waals surface area contributed by atoms with Crippen molar-refractivity contribution in [3.63, 3.8) is 0 Å². The molecule has 0 radical (unpaired) electrons. The summed E-state index contributed by atoms with van der Waals surface area (Å²) in [4.78, 5) is 15.4. The van der Waals surface area contributed by atoms with Crippen LogP contribution in [0, 0.1) is 5.82 Å². The summed E-state index contributed by atoms with van der Waals surface area (Å²) < 4.78 is 13.6. The van der Waals surface area contributed by atoms with Gasteiger partial charge in [0.1, 0.15) is 5.82 Å². The average molecular weight is 316 g/mol. The van der Waals surface area contributed by atoms with Gasteiger partial charge in [-0.2, -0.15) is 0 Å². The molecule has 2 heterocycles. The first kappa shape index (κ1) is 13.2. The zero-order valence-corrected chi connectivity index (χ0v) is 12.0. The number of carbonyl (C=O) groups excluding carboxylic acids is 1. The van der Waals surface area contributed by atoms with Crippen molar-refractivity contribution < 1.29 is 9.18 Å². The number of anilines is 1. The van der Waals surface area contributed by atoms with Gasteiger partial charge >= 0.3 is 0 Å². The van der Waals surface area contributed by atoms with Crippen molar-refractivity contribution >= 4 is 34.1 Å². The molecule has 0 fully saturated rings. The van der Waals surface area contributed by atoms with Gasteiger partial charge in [0.2, 0.25) is 0 Å². The molecule has 3 aromatic rings. The number of hydrogen-bond donors (Lipinski definition) is 3. The number of rotatable bonds is 1. The van der Waals surface area contributed by atoms with Gasteiger partial charge in [0.25, 0.3) is 5.91 Å². The Hall–Kier alpha value is -2.53. The number of carbonyl (C=O) groups is 1. The number of nitrogens with two attached hydrogens (primary N) is 1. The molecular weight excluding hydrogens is 305 g/mol. The quantitative estimate of drug-likeness (QED) is 0.602. The van der Waals surface area contributed by atoms with Crippen molar-refractivity contribution in [2.75, 3.05) is 5.73 Å². The highest BCUT2D eigenvalue weighted by Crippen LogP contribution is 2.41. The van der Waals surface area contributed by atoms with Gasteiger partial charge in [-0.05, 0) is 30.3 Å². The Morgan fingerprint density at radius 3 is 2.86 bits per heavy atom. The van der Waals surface area contributed by atoms with E-state index in [2.05, 4.69) is 10.3 Å². The standard InChI is InChI=1S/C16H11ClFN3O/c17-10-2-1-7(18)5-9(10)15-14-11(19)6-12-8(3-4-20-12)13(14)16(22)21-15/h1-6,15,20H,19H2,(H,21,22). The average Bonchev–Trinajstić information content (AvgIpc) is 3.06. The highest BCUT2D eigenvalue weighted by atomic mass is 35.5. The molecular formula is C16H11ClFN3O. The van der Waals surface area contributed by atoms with Gasteiger partial charge in [-0.25, -0.2) is 4.39 Å². The van der Waals surface area contributed by atoms with Crippen LogP contribution < -0.4 is 11.1 Å². The summed E-state index contributed by atoms with van der Waals surface area (Å²) in [5, 5.41) is 4.01. The summed E-state index contributed by atoms with van der Waals surface area (Å²) >= 11 is 6.17. The number of nitrogens with one attached hydrogen (secondary N) is 2. The van der Waals surface area contributed by atoms with E-state index in [9.17, 15) is 9.18 Å². The molecule has 6 heteroatoms. The first-order valence-electron chi connectivity index (χ1n) is 6.71. The fraction of sp³-hybridized carbons (Fsp3) is 0.0625. The predicted octanol–water partition coefficient (Wildman–Crippen LogP) is 3.38. The fourth-order valence-corrected chi connectivity index (χ4v) is 3.27. The molecule has 4 N–H and O–H groups in total. The van der Waals surface area contributed by atoms with Gasteiger partial charge in [-0.3, -0.25) is 4.79 Å². The molecule has 1 amide bonds. The van der Waals surface area contributed by atoms with Crippen LogP contribution in [0.4, 0.5) is 10.1 Å². The Labute approximate surface area is 130 Å². The van der Waals surface area contributed by atoms with E-state index >= 15 is 0 Å². The Bertz CT molecular complexity index is 935. The smallest absolute Gasteiger partial charge is 0.253 e. The van der Waals surface area contributed by atoms with Crippen LogP contribution in [-0.2, 0) is 0 Å². The minimum Gasteiger partial charge on any atom is -0.398 e. The monoisotopic (exact) mass is 315 g/mol. The predicted molar refractivity (Wildman–Crippen MR) is 83.4 cm³/mol. The van der Waals surface area contributed by atoms with Crippen molar-refractivity contribution in [2.45, 2.75) is 6.04 Å². The van der Waals surface area contributed by atoms with Gasteiger partial charge in [-0.15, -0.1) is 0 Å². The lowest BCUT2D eigenvalue weighted by molar-refractivity contribution is 0.0962. The molecule has 4 rings (SSSR count). The third kappa shape index (κ3) is 1.72. The summed E-state index contributed by atoms with van der Waals surface area (Å²) in [6.07, 6.45) is 1.75. The van der Waals surface area contributed by atoms with E-state index in [-0.39, 0.29) is 5.91 Å². The highest BCUT2D eigenvalue weighted by Gasteiger charge is 2.35. The zero-order valence-electron chi connectivity index (χ0n) is 11.3. The SMILES string of the molecule is Nc1cc2[nH]ccc2c2c1C(c1cc(F)ccc1Cl)NC2=O. The van der Waals surface area contributed by atoms with Crippen LogP contribution in [0.15, 0.2) is 36.5 Å². The van der Waals surface area contributed by atoms with E-state index in [4.69, 9.17) is 17.3 Å². The normalized spacial score (nSPS) is 16.8. The Balaban J connectivity index is 2.01. The molecule has 22 heavy (non-hydrogen) atoms. The topological polar surface area (TPSA) is 70.9 Å². The van der Waals surface area contributed by atoms with Crippen LogP contribution in [0.25, 0.3) is 10.9 Å². The molecule has 0 bridgehead atoms. The maximum Gasteiger partial charge on any atom is 0.253 e. The Morgan fingerprint density at radius 2 is 2.05 bits per heavy atom. The third-order valence-electron chi connectivity index (χ3n) is 3.99. The summed E-state index contributed by atoms with van der Waals surface area (Å²) in [7, 11) is 0. The van der Waals surface area contributed by atoms with Gasteiger partial charge in [0, 0.05) is 38.9 Å². The van der Waals surface area contributed by atoms with Crippen LogP contribution in [0.1, 0.15) is 27.5 Å². The lowest BCUT2D eigenvalue weighted by Crippen LogP contribution is -2.20. The first-order valence-corrected chi connectivity index (χ1v) is 7.09. The number of aromatic nitrogens is 1. The maximum atomic E-state index is 13.6. The summed E-state index contributed by atoms with van der Waals surface area (Å²) in [5.74, 6) is -0.652. The van der Waals surface area contributed by atoms with E-state index in [1.165, 1.54) is 18.2 Å². The molecule has 4 nitrogen and oxygen atoms in total. The fourth-order valence-electron chi connectivity index (χ4n) is 3.04. The van der Waals surface area contributed by atoms with Gasteiger partial charge in [0.05, 0.1) is 11.6 Å². The lowest BCUT2D eigenvalue weighted by atomic mass is 9.94. The van der Waals surface area contributed by atoms with E-state index in [0.717, 1.165) is 10.9 Å². The van der Waals surface area contributed by atoms with E-state index in [1.807, 2.05) is 6.07 Å². The number of H-pyrrole nitrogens is 1. The molecule has 1 aliphatic rings. The second kappa shape index (κ2) is 4.48. The number of benzene rings is 2. The highest BCUT2D eigenvalue weighted by molar-refractivity contribution is 6.31. The van der Waals surface area contributed by atoms with Gasteiger partial charge < -0.3 is 16.0 Å². The summed E-state index contributed by atoms with van der Waals surface area (Å²) in [5.41, 5.74) is 9.04. The van der Waals surface area contributed by atoms with Crippen LogP contribution in [0.2, 0.25) is 5.02 Å². The molecule has 0 aliphatic carbocycles. The van der Waals surface area contributed by atoms with Crippen LogP contribution >= 0.6 is 11.6 Å². The van der Waals surface area contributed by atoms with Gasteiger partial charge in [0.15, 0.2) is 0 Å². The molecule has 0 saturated carbocycles. The van der Waals surface area contributed by atoms with Crippen LogP contribution in [0.5, 0.6) is 0 Å². The molecule has 0 spiro atoms. The zero-order chi connectivity index (χ0) is 15.4. The number of nitrogen functional groups attached to an aromatic ring is 1. The van der Waals surface area contributed by atoms with Crippen molar-refractivity contribution in [3.8, 4) is 0 Å². The maximum absolute atomic E-state index is 13.6. The number of hydrogen-bond acceptors (Lipinski definition) is 2. The van der Waals surface area contributed by atoms with E-state index < -0.39 is 11.9 Å². The summed E-state index contributed by atoms with van der Waals surface area (Å²) in [6, 6.07) is 7.12. The van der Waals surface area contributed by atoms with Crippen LogP contribution in [0.3, 0.4) is 0 Å². The second-order valence-corrected chi connectivity index (χ2v) is 5.67. The summed E-state index contributed by atoms with van der Waals surface area (Å²) in [6.45, 7) is 0. The van der Waals surface area contributed by atoms with E-state index in [1.54, 1.807) is 12.3 Å². The lowest BCUT2D eigenvalue weighted by Gasteiger charge is -2.16. The molecule has 1 aromatic heterocycles. The van der Waals surface area contributed by atoms with Crippen molar-refractivity contribution in [1.29, 1.82) is 0 Å². The minimum absolute atomic E-state index is 0.239. The van der Waals surface area contributed by atoms with E-state index in [0.29, 0.717) is 27.4 Å². The second-order valence-electron chi connectivity index (χ2n) is 5.27. The van der Waals surface area contributed by atoms with Crippen molar-refractivity contribution in [2.24, 2.45) is 0 Å². The number of amides is 1. The molecule has 110 valence electrons. The third-order valence-corrected chi connectivity index (χ3v) is 4.33. The van der Waals surface area contributed by atoms with Crippen molar-refractivity contribution in [1.82, 2.24) is 10.3 Å². The minimum atomic E-state index is -0.551. The largest absolute Gasteiger partial charge is 0.398 e. The molecule has 1 atom stereocenters.